The topological polar surface area (TPSA) is 81.5 Å². The quantitative estimate of drug-likeness (QED) is 0.677. The molecule has 0 aliphatic carbocycles. The first-order chi connectivity index (χ1) is 10.5. The fourth-order valence-electron chi connectivity index (χ4n) is 1.83. The van der Waals surface area contributed by atoms with Crippen molar-refractivity contribution in [3.63, 3.8) is 0 Å². The van der Waals surface area contributed by atoms with Gasteiger partial charge in [0, 0.05) is 24.7 Å². The Balaban J connectivity index is 2.10. The highest BCUT2D eigenvalue weighted by Gasteiger charge is 2.11. The number of nitrogens with one attached hydrogen (secondary N) is 1. The van der Waals surface area contributed by atoms with Gasteiger partial charge in [-0.15, -0.1) is 0 Å². The van der Waals surface area contributed by atoms with E-state index in [1.807, 2.05) is 6.07 Å². The Morgan fingerprint density at radius 2 is 2.09 bits per heavy atom. The first kappa shape index (κ1) is 15.8. The van der Waals surface area contributed by atoms with E-state index in [-0.39, 0.29) is 23.2 Å². The van der Waals surface area contributed by atoms with Crippen LogP contribution in [0.3, 0.4) is 0 Å². The number of nitro benzene ring substituents is 1. The minimum Gasteiger partial charge on any atom is -0.487 e. The van der Waals surface area contributed by atoms with Crippen LogP contribution < -0.4 is 10.1 Å². The maximum Gasteiger partial charge on any atom is 0.271 e. The van der Waals surface area contributed by atoms with E-state index in [0.717, 1.165) is 5.56 Å². The molecule has 1 amide bonds. The third kappa shape index (κ3) is 3.73. The predicted octanol–water partition coefficient (Wildman–Crippen LogP) is 3.19. The third-order valence-electron chi connectivity index (χ3n) is 2.94. The lowest BCUT2D eigenvalue weighted by atomic mass is 10.1. The van der Waals surface area contributed by atoms with Crippen LogP contribution in [0, 0.1) is 10.1 Å². The molecule has 0 unspecified atom stereocenters. The van der Waals surface area contributed by atoms with Gasteiger partial charge in [-0.1, -0.05) is 23.7 Å². The number of nitro groups is 1. The molecule has 0 saturated heterocycles. The average molecular weight is 321 g/mol. The van der Waals surface area contributed by atoms with Crippen LogP contribution in [0.4, 0.5) is 5.69 Å². The van der Waals surface area contributed by atoms with Crippen molar-refractivity contribution < 1.29 is 14.5 Å². The SMILES string of the molecule is CNC(=O)c1cccc(COc2ccc([N+](=O)[O-])cc2Cl)c1. The molecular weight excluding hydrogens is 308 g/mol. The number of hydrogen-bond acceptors (Lipinski definition) is 4. The first-order valence-corrected chi connectivity index (χ1v) is 6.77. The van der Waals surface area contributed by atoms with Crippen molar-refractivity contribution in [1.82, 2.24) is 5.32 Å². The van der Waals surface area contributed by atoms with Crippen molar-refractivity contribution in [2.75, 3.05) is 7.05 Å². The maximum absolute atomic E-state index is 11.6. The molecule has 0 aliphatic heterocycles. The molecular formula is C15H13ClN2O4. The third-order valence-corrected chi connectivity index (χ3v) is 3.23. The molecule has 22 heavy (non-hydrogen) atoms. The highest BCUT2D eigenvalue weighted by molar-refractivity contribution is 6.32. The van der Waals surface area contributed by atoms with Crippen LogP contribution in [0.2, 0.25) is 5.02 Å². The number of amides is 1. The monoisotopic (exact) mass is 320 g/mol. The van der Waals surface area contributed by atoms with Crippen LogP contribution in [-0.2, 0) is 6.61 Å². The maximum atomic E-state index is 11.6. The number of rotatable bonds is 5. The second-order valence-electron chi connectivity index (χ2n) is 4.44. The zero-order valence-electron chi connectivity index (χ0n) is 11.7. The Morgan fingerprint density at radius 1 is 1.32 bits per heavy atom. The lowest BCUT2D eigenvalue weighted by Gasteiger charge is -2.09. The first-order valence-electron chi connectivity index (χ1n) is 6.39. The molecule has 0 atom stereocenters. The van der Waals surface area contributed by atoms with E-state index in [2.05, 4.69) is 5.32 Å². The molecule has 0 bridgehead atoms. The highest BCUT2D eigenvalue weighted by Crippen LogP contribution is 2.29. The van der Waals surface area contributed by atoms with E-state index >= 15 is 0 Å². The Bertz CT molecular complexity index is 718. The van der Waals surface area contributed by atoms with Gasteiger partial charge in [-0.3, -0.25) is 14.9 Å². The molecule has 114 valence electrons. The summed E-state index contributed by atoms with van der Waals surface area (Å²) in [6.45, 7) is 0.197. The Kier molecular flexibility index (Phi) is 4.95. The molecule has 2 rings (SSSR count). The van der Waals surface area contributed by atoms with Gasteiger partial charge < -0.3 is 10.1 Å². The summed E-state index contributed by atoms with van der Waals surface area (Å²) in [6, 6.07) is 11.0. The minimum absolute atomic E-state index is 0.0982. The van der Waals surface area contributed by atoms with Gasteiger partial charge in [0.2, 0.25) is 0 Å². The van der Waals surface area contributed by atoms with Crippen LogP contribution in [0.1, 0.15) is 15.9 Å². The summed E-state index contributed by atoms with van der Waals surface area (Å²) in [5.41, 5.74) is 1.22. The Labute approximate surface area is 131 Å². The fraction of sp³-hybridized carbons (Fsp3) is 0.133. The molecule has 0 heterocycles. The molecule has 2 aromatic carbocycles. The summed E-state index contributed by atoms with van der Waals surface area (Å²) >= 11 is 5.95. The van der Waals surface area contributed by atoms with Crippen molar-refractivity contribution in [3.8, 4) is 5.75 Å². The number of non-ortho nitro benzene ring substituents is 1. The van der Waals surface area contributed by atoms with Crippen molar-refractivity contribution in [2.24, 2.45) is 0 Å². The van der Waals surface area contributed by atoms with E-state index in [1.165, 1.54) is 18.2 Å². The van der Waals surface area contributed by atoms with Crippen molar-refractivity contribution in [1.29, 1.82) is 0 Å². The smallest absolute Gasteiger partial charge is 0.271 e. The number of hydrogen-bond donors (Lipinski definition) is 1. The van der Waals surface area contributed by atoms with Gasteiger partial charge >= 0.3 is 0 Å². The van der Waals surface area contributed by atoms with Crippen LogP contribution in [0.15, 0.2) is 42.5 Å². The van der Waals surface area contributed by atoms with Crippen LogP contribution in [0.25, 0.3) is 0 Å². The zero-order chi connectivity index (χ0) is 16.1. The van der Waals surface area contributed by atoms with Gasteiger partial charge in [0.1, 0.15) is 12.4 Å². The normalized spacial score (nSPS) is 10.1. The number of benzene rings is 2. The van der Waals surface area contributed by atoms with Gasteiger partial charge in [-0.2, -0.15) is 0 Å². The number of nitrogens with zero attached hydrogens (tertiary/aromatic N) is 1. The fourth-order valence-corrected chi connectivity index (χ4v) is 2.06. The van der Waals surface area contributed by atoms with Crippen molar-refractivity contribution in [2.45, 2.75) is 6.61 Å². The van der Waals surface area contributed by atoms with E-state index < -0.39 is 4.92 Å². The standard InChI is InChI=1S/C15H13ClN2O4/c1-17-15(19)11-4-2-3-10(7-11)9-22-14-6-5-12(18(20)21)8-13(14)16/h2-8H,9H2,1H3,(H,17,19). The molecule has 7 heteroatoms. The Hall–Kier alpha value is -2.60. The largest absolute Gasteiger partial charge is 0.487 e. The molecule has 2 aromatic rings. The summed E-state index contributed by atoms with van der Waals surface area (Å²) in [6.07, 6.45) is 0. The van der Waals surface area contributed by atoms with Crippen molar-refractivity contribution >= 4 is 23.2 Å². The predicted molar refractivity (Wildman–Crippen MR) is 82.3 cm³/mol. The number of ether oxygens (including phenoxy) is 1. The van der Waals surface area contributed by atoms with Gasteiger partial charge in [0.25, 0.3) is 11.6 Å². The van der Waals surface area contributed by atoms with Gasteiger partial charge in [-0.05, 0) is 23.8 Å². The van der Waals surface area contributed by atoms with E-state index in [9.17, 15) is 14.9 Å². The summed E-state index contributed by atoms with van der Waals surface area (Å²) in [5, 5.41) is 13.3. The second-order valence-corrected chi connectivity index (χ2v) is 4.85. The summed E-state index contributed by atoms with van der Waals surface area (Å²) in [7, 11) is 1.56. The van der Waals surface area contributed by atoms with Gasteiger partial charge in [0.15, 0.2) is 0 Å². The zero-order valence-corrected chi connectivity index (χ0v) is 12.5. The van der Waals surface area contributed by atoms with E-state index in [4.69, 9.17) is 16.3 Å². The molecule has 0 aliphatic rings. The summed E-state index contributed by atoms with van der Waals surface area (Å²) in [4.78, 5) is 21.7. The van der Waals surface area contributed by atoms with Crippen LogP contribution >= 0.6 is 11.6 Å². The molecule has 0 aromatic heterocycles. The molecule has 0 radical (unpaired) electrons. The van der Waals surface area contributed by atoms with Gasteiger partial charge in [0.05, 0.1) is 9.95 Å². The molecule has 0 fully saturated rings. The number of carbonyl (C=O) groups excluding carboxylic acids is 1. The number of halogens is 1. The average Bonchev–Trinajstić information content (AvgIpc) is 2.53. The number of carbonyl (C=O) groups is 1. The summed E-state index contributed by atoms with van der Waals surface area (Å²) in [5.74, 6) is 0.160. The molecule has 1 N–H and O–H groups in total. The van der Waals surface area contributed by atoms with Gasteiger partial charge in [-0.25, -0.2) is 0 Å². The Morgan fingerprint density at radius 3 is 2.73 bits per heavy atom. The van der Waals surface area contributed by atoms with E-state index in [0.29, 0.717) is 11.3 Å². The second kappa shape index (κ2) is 6.91. The van der Waals surface area contributed by atoms with Crippen LogP contribution in [-0.4, -0.2) is 17.9 Å². The molecule has 0 spiro atoms. The van der Waals surface area contributed by atoms with E-state index in [1.54, 1.807) is 25.2 Å². The lowest BCUT2D eigenvalue weighted by molar-refractivity contribution is -0.384. The van der Waals surface area contributed by atoms with Crippen LogP contribution in [0.5, 0.6) is 5.75 Å². The molecule has 6 nitrogen and oxygen atoms in total. The lowest BCUT2D eigenvalue weighted by Crippen LogP contribution is -2.17. The summed E-state index contributed by atoms with van der Waals surface area (Å²) < 4.78 is 5.54. The van der Waals surface area contributed by atoms with Crippen molar-refractivity contribution in [3.05, 3.63) is 68.7 Å². The minimum atomic E-state index is -0.525. The molecule has 0 saturated carbocycles. The highest BCUT2D eigenvalue weighted by atomic mass is 35.5.